The second-order valence-electron chi connectivity index (χ2n) is 2.43. The Kier molecular flexibility index (Phi) is 0.810. The van der Waals surface area contributed by atoms with Crippen LogP contribution in [-0.2, 0) is 0 Å². The minimum atomic E-state index is 1.09. The maximum Gasteiger partial charge on any atom is 0.0379 e. The van der Waals surface area contributed by atoms with Gasteiger partial charge in [-0.05, 0) is 23.6 Å². The Morgan fingerprint density at radius 3 is 3.11 bits per heavy atom. The van der Waals surface area contributed by atoms with Gasteiger partial charge in [-0.2, -0.15) is 0 Å². The van der Waals surface area contributed by atoms with Crippen LogP contribution in [0.2, 0.25) is 0 Å². The predicted octanol–water partition coefficient (Wildman–Crippen LogP) is 1.36. The molecule has 0 fully saturated rings. The molecule has 9 heavy (non-hydrogen) atoms. The molecule has 1 N–H and O–H groups in total. The maximum absolute atomic E-state index is 3.91. The Hall–Kier alpha value is -0.980. The fraction of sp³-hybridized carbons (Fsp3) is 0.250. The smallest absolute Gasteiger partial charge is 0.0379 e. The molecule has 2 aliphatic rings. The molecular formula is C8H9N. The third kappa shape index (κ3) is 0.545. The van der Waals surface area contributed by atoms with E-state index in [0.717, 1.165) is 13.0 Å². The predicted molar refractivity (Wildman–Crippen MR) is 37.9 cm³/mol. The van der Waals surface area contributed by atoms with Crippen molar-refractivity contribution in [1.29, 1.82) is 0 Å². The minimum Gasteiger partial charge on any atom is -0.384 e. The van der Waals surface area contributed by atoms with Crippen molar-refractivity contribution in [2.75, 3.05) is 6.54 Å². The lowest BCUT2D eigenvalue weighted by Crippen LogP contribution is -2.04. The van der Waals surface area contributed by atoms with E-state index >= 15 is 0 Å². The molecule has 2 rings (SSSR count). The van der Waals surface area contributed by atoms with Gasteiger partial charge in [0.25, 0.3) is 0 Å². The van der Waals surface area contributed by atoms with Crippen LogP contribution in [0.15, 0.2) is 35.6 Å². The van der Waals surface area contributed by atoms with Crippen molar-refractivity contribution in [3.05, 3.63) is 35.6 Å². The molecule has 1 aliphatic carbocycles. The highest BCUT2D eigenvalue weighted by Crippen LogP contribution is 2.27. The molecule has 0 amide bonds. The van der Waals surface area contributed by atoms with Gasteiger partial charge >= 0.3 is 0 Å². The standard InChI is InChI=1S/C8H9N/c1-6-2-3-8-7(6)4-5-9-8/h2-3,9H,1,4-5H2. The van der Waals surface area contributed by atoms with Gasteiger partial charge in [0.15, 0.2) is 0 Å². The van der Waals surface area contributed by atoms with E-state index in [1.807, 2.05) is 0 Å². The first-order valence-corrected chi connectivity index (χ1v) is 3.22. The van der Waals surface area contributed by atoms with Gasteiger partial charge in [0.05, 0.1) is 0 Å². The van der Waals surface area contributed by atoms with Crippen molar-refractivity contribution in [2.24, 2.45) is 0 Å². The van der Waals surface area contributed by atoms with Crippen molar-refractivity contribution >= 4 is 0 Å². The lowest BCUT2D eigenvalue weighted by atomic mass is 10.1. The first-order valence-electron chi connectivity index (χ1n) is 3.22. The van der Waals surface area contributed by atoms with Gasteiger partial charge in [-0.25, -0.2) is 0 Å². The number of rotatable bonds is 0. The SMILES string of the molecule is C=C1C=CC2=C1CCN2. The van der Waals surface area contributed by atoms with Crippen molar-refractivity contribution < 1.29 is 0 Å². The first-order chi connectivity index (χ1) is 4.38. The summed E-state index contributed by atoms with van der Waals surface area (Å²) in [5.41, 5.74) is 3.89. The molecule has 0 saturated heterocycles. The summed E-state index contributed by atoms with van der Waals surface area (Å²) in [6.45, 7) is 5.00. The van der Waals surface area contributed by atoms with Crippen molar-refractivity contribution in [3.63, 3.8) is 0 Å². The lowest BCUT2D eigenvalue weighted by molar-refractivity contribution is 0.884. The van der Waals surface area contributed by atoms with Crippen LogP contribution in [-0.4, -0.2) is 6.54 Å². The molecule has 1 heteroatoms. The van der Waals surface area contributed by atoms with E-state index in [2.05, 4.69) is 24.0 Å². The van der Waals surface area contributed by atoms with Gasteiger partial charge < -0.3 is 5.32 Å². The molecule has 0 unspecified atom stereocenters. The lowest BCUT2D eigenvalue weighted by Gasteiger charge is -1.92. The summed E-state index contributed by atoms with van der Waals surface area (Å²) in [6.07, 6.45) is 5.32. The van der Waals surface area contributed by atoms with Crippen LogP contribution in [0.5, 0.6) is 0 Å². The van der Waals surface area contributed by atoms with Crippen LogP contribution in [0.1, 0.15) is 6.42 Å². The first kappa shape index (κ1) is 4.86. The fourth-order valence-electron chi connectivity index (χ4n) is 1.34. The molecule has 46 valence electrons. The summed E-state index contributed by atoms with van der Waals surface area (Å²) < 4.78 is 0. The van der Waals surface area contributed by atoms with Crippen molar-refractivity contribution in [3.8, 4) is 0 Å². The van der Waals surface area contributed by atoms with Crippen LogP contribution < -0.4 is 5.32 Å². The molecule has 0 saturated carbocycles. The highest BCUT2D eigenvalue weighted by Gasteiger charge is 2.16. The van der Waals surface area contributed by atoms with E-state index in [9.17, 15) is 0 Å². The molecule has 0 aromatic carbocycles. The van der Waals surface area contributed by atoms with Gasteiger partial charge in [-0.1, -0.05) is 12.7 Å². The van der Waals surface area contributed by atoms with E-state index in [4.69, 9.17) is 0 Å². The minimum absolute atomic E-state index is 1.09. The molecule has 0 aromatic rings. The van der Waals surface area contributed by atoms with E-state index < -0.39 is 0 Å². The van der Waals surface area contributed by atoms with Gasteiger partial charge in [0, 0.05) is 12.2 Å². The molecule has 0 aromatic heterocycles. The van der Waals surface area contributed by atoms with Crippen LogP contribution in [0.4, 0.5) is 0 Å². The van der Waals surface area contributed by atoms with Gasteiger partial charge in [0.1, 0.15) is 0 Å². The maximum atomic E-state index is 3.91. The summed E-state index contributed by atoms with van der Waals surface area (Å²) in [6, 6.07) is 0. The zero-order chi connectivity index (χ0) is 6.27. The average molecular weight is 119 g/mol. The fourth-order valence-corrected chi connectivity index (χ4v) is 1.34. The summed E-state index contributed by atoms with van der Waals surface area (Å²) in [4.78, 5) is 0. The second kappa shape index (κ2) is 1.50. The normalized spacial score (nSPS) is 22.9. The summed E-state index contributed by atoms with van der Waals surface area (Å²) >= 11 is 0. The largest absolute Gasteiger partial charge is 0.384 e. The van der Waals surface area contributed by atoms with Gasteiger partial charge in [-0.3, -0.25) is 0 Å². The Bertz CT molecular complexity index is 215. The quantitative estimate of drug-likeness (QED) is 0.507. The second-order valence-corrected chi connectivity index (χ2v) is 2.43. The van der Waals surface area contributed by atoms with Crippen molar-refractivity contribution in [2.45, 2.75) is 6.42 Å². The van der Waals surface area contributed by atoms with Crippen LogP contribution in [0.25, 0.3) is 0 Å². The van der Waals surface area contributed by atoms with E-state index in [1.54, 1.807) is 0 Å². The number of nitrogens with one attached hydrogen (secondary N) is 1. The molecule has 0 radical (unpaired) electrons. The number of allylic oxidation sites excluding steroid dienone is 3. The molecule has 1 aliphatic heterocycles. The number of hydrogen-bond acceptors (Lipinski definition) is 1. The van der Waals surface area contributed by atoms with Crippen LogP contribution in [0.3, 0.4) is 0 Å². The van der Waals surface area contributed by atoms with Crippen LogP contribution in [0, 0.1) is 0 Å². The molecule has 1 nitrogen and oxygen atoms in total. The Morgan fingerprint density at radius 1 is 1.44 bits per heavy atom. The third-order valence-electron chi connectivity index (χ3n) is 1.85. The van der Waals surface area contributed by atoms with E-state index in [-0.39, 0.29) is 0 Å². The van der Waals surface area contributed by atoms with Gasteiger partial charge in [-0.15, -0.1) is 0 Å². The summed E-state index contributed by atoms with van der Waals surface area (Å²) in [7, 11) is 0. The topological polar surface area (TPSA) is 12.0 Å². The Balaban J connectivity index is 2.44. The van der Waals surface area contributed by atoms with Gasteiger partial charge in [0.2, 0.25) is 0 Å². The van der Waals surface area contributed by atoms with Crippen molar-refractivity contribution in [1.82, 2.24) is 5.32 Å². The van der Waals surface area contributed by atoms with E-state index in [0.29, 0.717) is 0 Å². The summed E-state index contributed by atoms with van der Waals surface area (Å²) in [5, 5.41) is 3.28. The zero-order valence-electron chi connectivity index (χ0n) is 5.28. The Labute approximate surface area is 54.8 Å². The molecule has 0 bridgehead atoms. The highest BCUT2D eigenvalue weighted by atomic mass is 14.9. The summed E-state index contributed by atoms with van der Waals surface area (Å²) in [5.74, 6) is 0. The highest BCUT2D eigenvalue weighted by molar-refractivity contribution is 5.53. The average Bonchev–Trinajstić information content (AvgIpc) is 2.35. The van der Waals surface area contributed by atoms with Crippen LogP contribution >= 0.6 is 0 Å². The third-order valence-corrected chi connectivity index (χ3v) is 1.85. The molecular weight excluding hydrogens is 110 g/mol. The Morgan fingerprint density at radius 2 is 2.33 bits per heavy atom. The monoisotopic (exact) mass is 119 g/mol. The van der Waals surface area contributed by atoms with E-state index in [1.165, 1.54) is 16.8 Å². The molecule has 1 heterocycles. The molecule has 0 spiro atoms. The zero-order valence-corrected chi connectivity index (χ0v) is 5.28. The molecule has 0 atom stereocenters. The number of hydrogen-bond donors (Lipinski definition) is 1.